The molecule has 0 rings (SSSR count). The molecule has 58 valence electrons. The monoisotopic (exact) mass is 164 g/mol. The number of aliphatic carboxylic acids is 1. The summed E-state index contributed by atoms with van der Waals surface area (Å²) in [5, 5.41) is 13.4. The van der Waals surface area contributed by atoms with Crippen LogP contribution in [0, 0.1) is 5.41 Å². The number of nitrogens with one attached hydrogen (secondary N) is 1. The molecule has 0 radical (unpaired) electrons. The lowest BCUT2D eigenvalue weighted by molar-refractivity contribution is -0.137. The minimum atomic E-state index is -1.00. The third-order valence-electron chi connectivity index (χ3n) is 0.514. The highest BCUT2D eigenvalue weighted by Crippen LogP contribution is 1.80. The molecule has 0 aromatic heterocycles. The van der Waals surface area contributed by atoms with Crippen LogP contribution in [0.25, 0.3) is 0 Å². The first-order chi connectivity index (χ1) is 4.59. The number of hydrogen-bond acceptors (Lipinski definition) is 5. The second kappa shape index (κ2) is 8.16. The van der Waals surface area contributed by atoms with E-state index in [-0.39, 0.29) is 5.75 Å². The summed E-state index contributed by atoms with van der Waals surface area (Å²) in [6, 6.07) is -0.816. The number of isocyanates is 1. The first kappa shape index (κ1) is 11.9. The van der Waals surface area contributed by atoms with Gasteiger partial charge >= 0.3 is 5.97 Å². The van der Waals surface area contributed by atoms with Crippen LogP contribution in [-0.2, 0) is 9.59 Å². The van der Waals surface area contributed by atoms with Gasteiger partial charge in [-0.3, -0.25) is 4.79 Å². The third-order valence-corrected chi connectivity index (χ3v) is 0.907. The zero-order chi connectivity index (χ0) is 8.57. The van der Waals surface area contributed by atoms with Crippen LogP contribution in [0.1, 0.15) is 0 Å². The van der Waals surface area contributed by atoms with Gasteiger partial charge in [0.1, 0.15) is 6.04 Å². The van der Waals surface area contributed by atoms with Gasteiger partial charge in [-0.2, -0.15) is 12.6 Å². The van der Waals surface area contributed by atoms with Crippen molar-refractivity contribution < 1.29 is 14.7 Å². The summed E-state index contributed by atoms with van der Waals surface area (Å²) in [6.45, 7) is 0. The second-order valence-corrected chi connectivity index (χ2v) is 1.59. The maximum atomic E-state index is 9.76. The average molecular weight is 164 g/mol. The topological polar surface area (TPSA) is 104 Å². The van der Waals surface area contributed by atoms with E-state index in [1.807, 2.05) is 0 Å². The van der Waals surface area contributed by atoms with E-state index in [4.69, 9.17) is 21.0 Å². The van der Waals surface area contributed by atoms with Crippen LogP contribution >= 0.6 is 12.6 Å². The molecule has 4 N–H and O–H groups in total. The summed E-state index contributed by atoms with van der Waals surface area (Å²) < 4.78 is 0. The van der Waals surface area contributed by atoms with Crippen molar-refractivity contribution in [3.05, 3.63) is 0 Å². The minimum Gasteiger partial charge on any atom is -0.480 e. The zero-order valence-corrected chi connectivity index (χ0v) is 5.97. The van der Waals surface area contributed by atoms with Crippen molar-refractivity contribution in [1.29, 1.82) is 5.41 Å². The molecule has 1 atom stereocenters. The molecule has 0 aliphatic heterocycles. The number of thiol groups is 1. The van der Waals surface area contributed by atoms with Crippen LogP contribution in [0.3, 0.4) is 0 Å². The summed E-state index contributed by atoms with van der Waals surface area (Å²) in [7, 11) is 0. The second-order valence-electron chi connectivity index (χ2n) is 1.23. The molecule has 0 aromatic rings. The summed E-state index contributed by atoms with van der Waals surface area (Å²) in [4.78, 5) is 18.1. The van der Waals surface area contributed by atoms with E-state index in [0.717, 1.165) is 6.08 Å². The molecule has 10 heavy (non-hydrogen) atoms. The normalized spacial score (nSPS) is 10.2. The van der Waals surface area contributed by atoms with Gasteiger partial charge in [0.05, 0.1) is 0 Å². The van der Waals surface area contributed by atoms with E-state index < -0.39 is 12.0 Å². The number of rotatable bonds is 2. The highest BCUT2D eigenvalue weighted by molar-refractivity contribution is 7.80. The maximum Gasteiger partial charge on any atom is 0.321 e. The first-order valence-electron chi connectivity index (χ1n) is 2.23. The molecule has 1 unspecified atom stereocenters. The van der Waals surface area contributed by atoms with E-state index >= 15 is 0 Å². The van der Waals surface area contributed by atoms with Crippen molar-refractivity contribution in [2.24, 2.45) is 5.73 Å². The molecule has 6 heteroatoms. The Hall–Kier alpha value is -0.840. The van der Waals surface area contributed by atoms with Crippen molar-refractivity contribution in [3.8, 4) is 0 Å². The lowest BCUT2D eigenvalue weighted by Crippen LogP contribution is -2.31. The molecule has 0 aliphatic rings. The van der Waals surface area contributed by atoms with E-state index in [1.165, 1.54) is 0 Å². The Labute approximate surface area is 63.1 Å². The molecule has 0 amide bonds. The largest absolute Gasteiger partial charge is 0.480 e. The molecule has 0 spiro atoms. The number of carbonyl (C=O) groups excluding carboxylic acids is 1. The maximum absolute atomic E-state index is 9.76. The fraction of sp³-hybridized carbons (Fsp3) is 0.500. The molecule has 0 saturated carbocycles. The van der Waals surface area contributed by atoms with E-state index in [9.17, 15) is 4.79 Å². The third kappa shape index (κ3) is 10.2. The van der Waals surface area contributed by atoms with Gasteiger partial charge < -0.3 is 10.8 Å². The van der Waals surface area contributed by atoms with Crippen molar-refractivity contribution in [3.63, 3.8) is 0 Å². The molecule has 0 saturated heterocycles. The highest BCUT2D eigenvalue weighted by Gasteiger charge is 2.06. The van der Waals surface area contributed by atoms with Crippen LogP contribution in [0.5, 0.6) is 0 Å². The first-order valence-corrected chi connectivity index (χ1v) is 2.86. The van der Waals surface area contributed by atoms with Gasteiger partial charge in [-0.1, -0.05) is 0 Å². The summed E-state index contributed by atoms with van der Waals surface area (Å²) in [6.07, 6.45) is 0.750. The van der Waals surface area contributed by atoms with Crippen molar-refractivity contribution in [2.45, 2.75) is 6.04 Å². The van der Waals surface area contributed by atoms with Gasteiger partial charge in [0.15, 0.2) is 0 Å². The molecule has 5 nitrogen and oxygen atoms in total. The Kier molecular flexibility index (Phi) is 9.71. The fourth-order valence-electron chi connectivity index (χ4n) is 0.0781. The van der Waals surface area contributed by atoms with Crippen LogP contribution in [0.2, 0.25) is 0 Å². The molecule has 0 fully saturated rings. The molecule has 0 heterocycles. The van der Waals surface area contributed by atoms with Crippen LogP contribution in [-0.4, -0.2) is 29.0 Å². The quantitative estimate of drug-likeness (QED) is 0.244. The fourth-order valence-corrected chi connectivity index (χ4v) is 0.234. The molecular formula is C4H8N2O3S. The summed E-state index contributed by atoms with van der Waals surface area (Å²) >= 11 is 3.65. The number of hydrogen-bond donors (Lipinski definition) is 4. The number of nitrogens with two attached hydrogens (primary N) is 1. The van der Waals surface area contributed by atoms with Crippen molar-refractivity contribution in [2.75, 3.05) is 5.75 Å². The molecule has 0 aromatic carbocycles. The van der Waals surface area contributed by atoms with Crippen LogP contribution in [0.4, 0.5) is 0 Å². The van der Waals surface area contributed by atoms with Gasteiger partial charge in [0.2, 0.25) is 6.08 Å². The molecule has 0 bridgehead atoms. The van der Waals surface area contributed by atoms with Gasteiger partial charge in [-0.05, 0) is 0 Å². The summed E-state index contributed by atoms with van der Waals surface area (Å²) in [5.74, 6) is -0.815. The zero-order valence-electron chi connectivity index (χ0n) is 5.07. The smallest absolute Gasteiger partial charge is 0.321 e. The Morgan fingerprint density at radius 1 is 1.90 bits per heavy atom. The van der Waals surface area contributed by atoms with Crippen molar-refractivity contribution in [1.82, 2.24) is 0 Å². The Bertz CT molecular complexity index is 132. The van der Waals surface area contributed by atoms with E-state index in [2.05, 4.69) is 12.6 Å². The van der Waals surface area contributed by atoms with Crippen LogP contribution < -0.4 is 5.73 Å². The van der Waals surface area contributed by atoms with Gasteiger partial charge in [-0.25, -0.2) is 10.2 Å². The SMILES string of the molecule is N=C=O.NC(CS)C(=O)O. The van der Waals surface area contributed by atoms with E-state index in [0.29, 0.717) is 0 Å². The number of carbonyl (C=O) groups is 1. The predicted octanol–water partition coefficient (Wildman–Crippen LogP) is -0.771. The number of carboxylic acids is 1. The predicted molar refractivity (Wildman–Crippen MR) is 37.9 cm³/mol. The molecule has 0 aliphatic carbocycles. The lowest BCUT2D eigenvalue weighted by atomic mass is 10.4. The Balaban J connectivity index is 0. The highest BCUT2D eigenvalue weighted by atomic mass is 32.1. The van der Waals surface area contributed by atoms with Gasteiger partial charge in [0.25, 0.3) is 0 Å². The molecular weight excluding hydrogens is 156 g/mol. The van der Waals surface area contributed by atoms with Crippen molar-refractivity contribution >= 4 is 24.7 Å². The Morgan fingerprint density at radius 3 is 2.20 bits per heavy atom. The average Bonchev–Trinajstić information content (AvgIpc) is 1.88. The standard InChI is InChI=1S/C3H7NO2S.CHNO/c4-2(1-7)3(5)6;2-1-3/h2,7H,1,4H2,(H,5,6);2H. The number of carboxylic acid groups (broad SMARTS) is 1. The Morgan fingerprint density at radius 2 is 2.20 bits per heavy atom. The van der Waals surface area contributed by atoms with E-state index in [1.54, 1.807) is 0 Å². The minimum absolute atomic E-state index is 0.190. The van der Waals surface area contributed by atoms with Gasteiger partial charge in [-0.15, -0.1) is 0 Å². The van der Waals surface area contributed by atoms with Crippen LogP contribution in [0.15, 0.2) is 0 Å². The summed E-state index contributed by atoms with van der Waals surface area (Å²) in [5.41, 5.74) is 4.94. The van der Waals surface area contributed by atoms with Gasteiger partial charge in [0, 0.05) is 5.75 Å². The lowest BCUT2D eigenvalue weighted by Gasteiger charge is -1.96.